The van der Waals surface area contributed by atoms with E-state index < -0.39 is 0 Å². The third-order valence-electron chi connectivity index (χ3n) is 1.97. The van der Waals surface area contributed by atoms with Crippen molar-refractivity contribution < 1.29 is 0 Å². The normalized spacial score (nSPS) is 10.1. The first kappa shape index (κ1) is 11.2. The van der Waals surface area contributed by atoms with Crippen LogP contribution < -0.4 is 11.1 Å². The number of nitrogens with two attached hydrogens (primary N) is 1. The smallest absolute Gasteiger partial charge is 0.153 e. The van der Waals surface area contributed by atoms with E-state index >= 15 is 0 Å². The van der Waals surface area contributed by atoms with Gasteiger partial charge in [0.05, 0.1) is 10.7 Å². The van der Waals surface area contributed by atoms with Crippen molar-refractivity contribution in [2.24, 2.45) is 0 Å². The summed E-state index contributed by atoms with van der Waals surface area (Å²) in [6, 6.07) is 9.41. The molecule has 0 unspecified atom stereocenters. The first-order valence-corrected chi connectivity index (χ1v) is 5.76. The number of nitrogen functional groups attached to an aromatic ring is 1. The average molecular weight is 299 g/mol. The quantitative estimate of drug-likeness (QED) is 0.886. The lowest BCUT2D eigenvalue weighted by molar-refractivity contribution is 1.31. The summed E-state index contributed by atoms with van der Waals surface area (Å²) >= 11 is 9.16. The van der Waals surface area contributed by atoms with Gasteiger partial charge in [0.2, 0.25) is 0 Å². The van der Waals surface area contributed by atoms with Crippen LogP contribution in [-0.4, -0.2) is 4.98 Å². The number of aromatic nitrogens is 1. The van der Waals surface area contributed by atoms with Gasteiger partial charge in [-0.3, -0.25) is 0 Å². The van der Waals surface area contributed by atoms with E-state index in [9.17, 15) is 0 Å². The number of halogens is 2. The lowest BCUT2D eigenvalue weighted by atomic mass is 10.3. The minimum absolute atomic E-state index is 0.521. The summed E-state index contributed by atoms with van der Waals surface area (Å²) in [5, 5.41) is 3.64. The highest BCUT2D eigenvalue weighted by Gasteiger charge is 2.02. The molecule has 1 heterocycles. The molecule has 1 aromatic heterocycles. The summed E-state index contributed by atoms with van der Waals surface area (Å²) in [6.07, 6.45) is 1.55. The van der Waals surface area contributed by atoms with E-state index in [1.54, 1.807) is 12.3 Å². The molecule has 0 radical (unpaired) electrons. The first-order valence-electron chi connectivity index (χ1n) is 4.59. The van der Waals surface area contributed by atoms with E-state index in [-0.39, 0.29) is 0 Å². The van der Waals surface area contributed by atoms with Crippen molar-refractivity contribution in [1.82, 2.24) is 4.98 Å². The number of hydrogen-bond acceptors (Lipinski definition) is 3. The van der Waals surface area contributed by atoms with E-state index in [1.807, 2.05) is 24.3 Å². The molecule has 0 aliphatic carbocycles. The standard InChI is InChI=1S/C11H9BrClN3/c12-7-2-1-3-9(4-7)16-11-10(14)5-8(13)6-15-11/h1-6H,14H2,(H,15,16). The predicted molar refractivity (Wildman–Crippen MR) is 71.1 cm³/mol. The van der Waals surface area contributed by atoms with Crippen molar-refractivity contribution in [1.29, 1.82) is 0 Å². The zero-order valence-corrected chi connectivity index (χ0v) is 10.6. The molecular weight excluding hydrogens is 289 g/mol. The van der Waals surface area contributed by atoms with Crippen LogP contribution in [0.3, 0.4) is 0 Å². The molecule has 16 heavy (non-hydrogen) atoms. The van der Waals surface area contributed by atoms with E-state index in [0.29, 0.717) is 16.5 Å². The van der Waals surface area contributed by atoms with Crippen molar-refractivity contribution in [3.8, 4) is 0 Å². The van der Waals surface area contributed by atoms with Crippen LogP contribution in [0, 0.1) is 0 Å². The molecule has 2 aromatic rings. The number of pyridine rings is 1. The molecule has 5 heteroatoms. The van der Waals surface area contributed by atoms with Crippen molar-refractivity contribution in [3.63, 3.8) is 0 Å². The Kier molecular flexibility index (Phi) is 3.31. The van der Waals surface area contributed by atoms with Crippen molar-refractivity contribution in [2.75, 3.05) is 11.1 Å². The molecule has 3 nitrogen and oxygen atoms in total. The van der Waals surface area contributed by atoms with Crippen LogP contribution >= 0.6 is 27.5 Å². The number of nitrogens with one attached hydrogen (secondary N) is 1. The summed E-state index contributed by atoms with van der Waals surface area (Å²) in [6.45, 7) is 0. The van der Waals surface area contributed by atoms with E-state index in [0.717, 1.165) is 10.2 Å². The lowest BCUT2D eigenvalue weighted by Crippen LogP contribution is -1.98. The van der Waals surface area contributed by atoms with Gasteiger partial charge < -0.3 is 11.1 Å². The first-order chi connectivity index (χ1) is 7.65. The SMILES string of the molecule is Nc1cc(Cl)cnc1Nc1cccc(Br)c1. The zero-order chi connectivity index (χ0) is 11.5. The van der Waals surface area contributed by atoms with Crippen LogP contribution in [0.4, 0.5) is 17.2 Å². The minimum Gasteiger partial charge on any atom is -0.396 e. The number of hydrogen-bond donors (Lipinski definition) is 2. The second kappa shape index (κ2) is 4.72. The molecule has 0 saturated carbocycles. The van der Waals surface area contributed by atoms with Crippen molar-refractivity contribution in [2.45, 2.75) is 0 Å². The van der Waals surface area contributed by atoms with E-state index in [4.69, 9.17) is 17.3 Å². The highest BCUT2D eigenvalue weighted by atomic mass is 79.9. The van der Waals surface area contributed by atoms with Gasteiger partial charge in [-0.1, -0.05) is 33.6 Å². The molecule has 0 spiro atoms. The van der Waals surface area contributed by atoms with Crippen molar-refractivity contribution in [3.05, 3.63) is 46.0 Å². The fraction of sp³-hybridized carbons (Fsp3) is 0. The van der Waals surface area contributed by atoms with Crippen LogP contribution in [0.1, 0.15) is 0 Å². The Morgan fingerprint density at radius 2 is 2.12 bits per heavy atom. The summed E-state index contributed by atoms with van der Waals surface area (Å²) in [5.41, 5.74) is 7.22. The van der Waals surface area contributed by atoms with Gasteiger partial charge in [-0.2, -0.15) is 0 Å². The predicted octanol–water partition coefficient (Wildman–Crippen LogP) is 3.82. The van der Waals surface area contributed by atoms with Crippen molar-refractivity contribution >= 4 is 44.7 Å². The fourth-order valence-electron chi connectivity index (χ4n) is 1.26. The number of anilines is 3. The summed E-state index contributed by atoms with van der Waals surface area (Å²) in [5.74, 6) is 0.600. The molecule has 1 aromatic carbocycles. The van der Waals surface area contributed by atoms with Gasteiger partial charge in [0, 0.05) is 16.4 Å². The largest absolute Gasteiger partial charge is 0.396 e. The van der Waals surface area contributed by atoms with Gasteiger partial charge in [0.25, 0.3) is 0 Å². The van der Waals surface area contributed by atoms with Gasteiger partial charge in [-0.15, -0.1) is 0 Å². The maximum absolute atomic E-state index is 5.79. The molecule has 0 saturated heterocycles. The molecule has 0 aliphatic rings. The zero-order valence-electron chi connectivity index (χ0n) is 8.24. The Morgan fingerprint density at radius 1 is 1.31 bits per heavy atom. The third kappa shape index (κ3) is 2.65. The Morgan fingerprint density at radius 3 is 2.81 bits per heavy atom. The van der Waals surface area contributed by atoms with Gasteiger partial charge in [-0.25, -0.2) is 4.98 Å². The summed E-state index contributed by atoms with van der Waals surface area (Å²) < 4.78 is 0.991. The minimum atomic E-state index is 0.521. The Labute approximate surface area is 107 Å². The van der Waals surface area contributed by atoms with Crippen LogP contribution in [0.15, 0.2) is 41.0 Å². The molecule has 0 amide bonds. The Hall–Kier alpha value is -1.26. The molecule has 0 fully saturated rings. The summed E-state index contributed by atoms with van der Waals surface area (Å²) in [4.78, 5) is 4.12. The van der Waals surface area contributed by atoms with Gasteiger partial charge in [-0.05, 0) is 24.3 Å². The number of nitrogens with zero attached hydrogens (tertiary/aromatic N) is 1. The Balaban J connectivity index is 2.27. The summed E-state index contributed by atoms with van der Waals surface area (Å²) in [7, 11) is 0. The van der Waals surface area contributed by atoms with Gasteiger partial charge >= 0.3 is 0 Å². The van der Waals surface area contributed by atoms with Crippen LogP contribution in [-0.2, 0) is 0 Å². The second-order valence-corrected chi connectivity index (χ2v) is 4.58. The molecular formula is C11H9BrClN3. The van der Waals surface area contributed by atoms with E-state index in [1.165, 1.54) is 0 Å². The molecule has 82 valence electrons. The van der Waals surface area contributed by atoms with E-state index in [2.05, 4.69) is 26.2 Å². The lowest BCUT2D eigenvalue weighted by Gasteiger charge is -2.08. The third-order valence-corrected chi connectivity index (χ3v) is 2.67. The molecule has 2 rings (SSSR count). The fourth-order valence-corrected chi connectivity index (χ4v) is 1.83. The van der Waals surface area contributed by atoms with Gasteiger partial charge in [0.15, 0.2) is 5.82 Å². The second-order valence-electron chi connectivity index (χ2n) is 3.23. The highest BCUT2D eigenvalue weighted by molar-refractivity contribution is 9.10. The molecule has 0 atom stereocenters. The van der Waals surface area contributed by atoms with Crippen LogP contribution in [0.25, 0.3) is 0 Å². The van der Waals surface area contributed by atoms with Crippen LogP contribution in [0.2, 0.25) is 5.02 Å². The monoisotopic (exact) mass is 297 g/mol. The van der Waals surface area contributed by atoms with Crippen LogP contribution in [0.5, 0.6) is 0 Å². The number of rotatable bonds is 2. The topological polar surface area (TPSA) is 50.9 Å². The average Bonchev–Trinajstić information content (AvgIpc) is 2.22. The highest BCUT2D eigenvalue weighted by Crippen LogP contribution is 2.24. The molecule has 0 aliphatic heterocycles. The molecule has 0 bridgehead atoms. The van der Waals surface area contributed by atoms with Gasteiger partial charge in [0.1, 0.15) is 0 Å². The molecule has 3 N–H and O–H groups in total. The Bertz CT molecular complexity index is 516. The maximum atomic E-state index is 5.79. The maximum Gasteiger partial charge on any atom is 0.153 e. The number of benzene rings is 1.